The van der Waals surface area contributed by atoms with Gasteiger partial charge < -0.3 is 15.6 Å². The SMILES string of the molecule is Cc1[nH]c2ccccc2c1N(C)C(=O)C(C)(C)CN. The zero-order valence-corrected chi connectivity index (χ0v) is 11.9. The number of nitrogens with one attached hydrogen (secondary N) is 1. The van der Waals surface area contributed by atoms with Crippen molar-refractivity contribution in [1.29, 1.82) is 0 Å². The summed E-state index contributed by atoms with van der Waals surface area (Å²) in [6, 6.07) is 7.99. The Balaban J connectivity index is 2.50. The zero-order chi connectivity index (χ0) is 14.2. The molecule has 0 bridgehead atoms. The quantitative estimate of drug-likeness (QED) is 0.889. The second-order valence-corrected chi connectivity index (χ2v) is 5.60. The monoisotopic (exact) mass is 259 g/mol. The number of aromatic nitrogens is 1. The number of para-hydroxylation sites is 1. The first-order valence-corrected chi connectivity index (χ1v) is 6.44. The van der Waals surface area contributed by atoms with Crippen molar-refractivity contribution in [2.24, 2.45) is 11.1 Å². The molecule has 0 saturated carbocycles. The van der Waals surface area contributed by atoms with Crippen molar-refractivity contribution in [3.8, 4) is 0 Å². The molecule has 1 heterocycles. The molecule has 4 heteroatoms. The molecule has 2 rings (SSSR count). The van der Waals surface area contributed by atoms with Gasteiger partial charge in [-0.2, -0.15) is 0 Å². The molecule has 0 aliphatic heterocycles. The Bertz CT molecular complexity index is 613. The summed E-state index contributed by atoms with van der Waals surface area (Å²) >= 11 is 0. The second kappa shape index (κ2) is 4.70. The van der Waals surface area contributed by atoms with Gasteiger partial charge in [-0.3, -0.25) is 4.79 Å². The van der Waals surface area contributed by atoms with E-state index in [0.717, 1.165) is 22.3 Å². The van der Waals surface area contributed by atoms with Crippen LogP contribution in [0.2, 0.25) is 0 Å². The van der Waals surface area contributed by atoms with Gasteiger partial charge in [-0.25, -0.2) is 0 Å². The van der Waals surface area contributed by atoms with Crippen molar-refractivity contribution in [2.75, 3.05) is 18.5 Å². The van der Waals surface area contributed by atoms with Crippen LogP contribution < -0.4 is 10.6 Å². The fourth-order valence-electron chi connectivity index (χ4n) is 2.34. The molecule has 0 aliphatic carbocycles. The van der Waals surface area contributed by atoms with Gasteiger partial charge in [0.2, 0.25) is 5.91 Å². The summed E-state index contributed by atoms with van der Waals surface area (Å²) in [5.74, 6) is 0.0304. The molecule has 4 nitrogen and oxygen atoms in total. The summed E-state index contributed by atoms with van der Waals surface area (Å²) in [5.41, 5.74) is 8.10. The third-order valence-corrected chi connectivity index (χ3v) is 3.59. The van der Waals surface area contributed by atoms with Crippen LogP contribution in [0.5, 0.6) is 0 Å². The molecule has 0 saturated heterocycles. The van der Waals surface area contributed by atoms with Gasteiger partial charge in [0.25, 0.3) is 0 Å². The molecule has 0 spiro atoms. The van der Waals surface area contributed by atoms with Crippen molar-refractivity contribution in [1.82, 2.24) is 4.98 Å². The number of H-pyrrole nitrogens is 1. The van der Waals surface area contributed by atoms with Crippen LogP contribution in [-0.4, -0.2) is 24.5 Å². The molecule has 1 amide bonds. The number of benzene rings is 1. The number of hydrogen-bond donors (Lipinski definition) is 2. The van der Waals surface area contributed by atoms with Crippen LogP contribution in [0.15, 0.2) is 24.3 Å². The molecule has 1 aromatic carbocycles. The van der Waals surface area contributed by atoms with Crippen LogP contribution in [-0.2, 0) is 4.79 Å². The number of hydrogen-bond acceptors (Lipinski definition) is 2. The first kappa shape index (κ1) is 13.6. The van der Waals surface area contributed by atoms with Crippen LogP contribution in [0.3, 0.4) is 0 Å². The third kappa shape index (κ3) is 2.24. The van der Waals surface area contributed by atoms with Crippen molar-refractivity contribution in [2.45, 2.75) is 20.8 Å². The molecule has 0 unspecified atom stereocenters. The predicted molar refractivity (Wildman–Crippen MR) is 79.3 cm³/mol. The van der Waals surface area contributed by atoms with E-state index in [1.165, 1.54) is 0 Å². The van der Waals surface area contributed by atoms with Gasteiger partial charge in [-0.15, -0.1) is 0 Å². The second-order valence-electron chi connectivity index (χ2n) is 5.60. The Morgan fingerprint density at radius 2 is 2.00 bits per heavy atom. The van der Waals surface area contributed by atoms with E-state index in [1.807, 2.05) is 52.1 Å². The number of fused-ring (bicyclic) bond motifs is 1. The standard InChI is InChI=1S/C15H21N3O/c1-10-13(11-7-5-6-8-12(11)17-10)18(4)14(19)15(2,3)9-16/h5-8,17H,9,16H2,1-4H3. The summed E-state index contributed by atoms with van der Waals surface area (Å²) in [4.78, 5) is 17.5. The maximum absolute atomic E-state index is 12.5. The first-order chi connectivity index (χ1) is 8.88. The molecule has 0 radical (unpaired) electrons. The highest BCUT2D eigenvalue weighted by Gasteiger charge is 2.31. The lowest BCUT2D eigenvalue weighted by Gasteiger charge is -2.28. The van der Waals surface area contributed by atoms with Crippen LogP contribution in [0.25, 0.3) is 10.9 Å². The van der Waals surface area contributed by atoms with E-state index in [4.69, 9.17) is 5.73 Å². The summed E-state index contributed by atoms with van der Waals surface area (Å²) in [7, 11) is 1.81. The lowest BCUT2D eigenvalue weighted by Crippen LogP contribution is -2.43. The van der Waals surface area contributed by atoms with Crippen molar-refractivity contribution < 1.29 is 4.79 Å². The number of amides is 1. The van der Waals surface area contributed by atoms with Gasteiger partial charge in [0.1, 0.15) is 0 Å². The first-order valence-electron chi connectivity index (χ1n) is 6.44. The van der Waals surface area contributed by atoms with Gasteiger partial charge in [0, 0.05) is 30.2 Å². The number of aryl methyl sites for hydroxylation is 1. The highest BCUT2D eigenvalue weighted by atomic mass is 16.2. The number of carbonyl (C=O) groups is 1. The maximum atomic E-state index is 12.5. The smallest absolute Gasteiger partial charge is 0.233 e. The van der Waals surface area contributed by atoms with E-state index in [-0.39, 0.29) is 5.91 Å². The molecule has 0 aliphatic rings. The van der Waals surface area contributed by atoms with E-state index in [0.29, 0.717) is 6.54 Å². The minimum Gasteiger partial charge on any atom is -0.357 e. The molecule has 3 N–H and O–H groups in total. The minimum atomic E-state index is -0.556. The van der Waals surface area contributed by atoms with Gasteiger partial charge in [0.15, 0.2) is 0 Å². The third-order valence-electron chi connectivity index (χ3n) is 3.59. The van der Waals surface area contributed by atoms with E-state index >= 15 is 0 Å². The van der Waals surface area contributed by atoms with E-state index in [1.54, 1.807) is 4.90 Å². The van der Waals surface area contributed by atoms with E-state index in [9.17, 15) is 4.79 Å². The molecule has 1 aromatic heterocycles. The summed E-state index contributed by atoms with van der Waals surface area (Å²) < 4.78 is 0. The lowest BCUT2D eigenvalue weighted by atomic mass is 9.91. The number of anilines is 1. The van der Waals surface area contributed by atoms with Crippen LogP contribution in [0.1, 0.15) is 19.5 Å². The summed E-state index contributed by atoms with van der Waals surface area (Å²) in [5, 5.41) is 1.06. The van der Waals surface area contributed by atoms with Crippen molar-refractivity contribution in [3.63, 3.8) is 0 Å². The predicted octanol–water partition coefficient (Wildman–Crippen LogP) is 2.42. The van der Waals surface area contributed by atoms with Gasteiger partial charge in [-0.05, 0) is 26.8 Å². The Labute approximate surface area is 113 Å². The molecule has 2 aromatic rings. The molecule has 19 heavy (non-hydrogen) atoms. The minimum absolute atomic E-state index is 0.0304. The van der Waals surface area contributed by atoms with Gasteiger partial charge >= 0.3 is 0 Å². The van der Waals surface area contributed by atoms with Gasteiger partial charge in [0.05, 0.1) is 11.1 Å². The number of rotatable bonds is 3. The number of aromatic amines is 1. The number of nitrogens with zero attached hydrogens (tertiary/aromatic N) is 1. The topological polar surface area (TPSA) is 62.1 Å². The largest absolute Gasteiger partial charge is 0.357 e. The van der Waals surface area contributed by atoms with E-state index in [2.05, 4.69) is 4.98 Å². The zero-order valence-electron chi connectivity index (χ0n) is 11.9. The fraction of sp³-hybridized carbons (Fsp3) is 0.400. The Morgan fingerprint density at radius 3 is 2.63 bits per heavy atom. The Hall–Kier alpha value is -1.81. The lowest BCUT2D eigenvalue weighted by molar-refractivity contribution is -0.125. The Kier molecular flexibility index (Phi) is 3.37. The molecule has 0 atom stereocenters. The molecular formula is C15H21N3O. The van der Waals surface area contributed by atoms with Gasteiger partial charge in [-0.1, -0.05) is 18.2 Å². The average molecular weight is 259 g/mol. The van der Waals surface area contributed by atoms with Crippen molar-refractivity contribution in [3.05, 3.63) is 30.0 Å². The van der Waals surface area contributed by atoms with E-state index < -0.39 is 5.41 Å². The number of nitrogens with two attached hydrogens (primary N) is 1. The fourth-order valence-corrected chi connectivity index (χ4v) is 2.34. The summed E-state index contributed by atoms with van der Waals surface area (Å²) in [6.45, 7) is 6.05. The highest BCUT2D eigenvalue weighted by Crippen LogP contribution is 2.32. The van der Waals surface area contributed by atoms with Crippen LogP contribution in [0.4, 0.5) is 5.69 Å². The Morgan fingerprint density at radius 1 is 1.37 bits per heavy atom. The normalized spacial score (nSPS) is 11.8. The van der Waals surface area contributed by atoms with Crippen molar-refractivity contribution >= 4 is 22.5 Å². The molecule has 102 valence electrons. The highest BCUT2D eigenvalue weighted by molar-refractivity contribution is 6.06. The molecular weight excluding hydrogens is 238 g/mol. The molecule has 0 fully saturated rings. The maximum Gasteiger partial charge on any atom is 0.233 e. The number of carbonyl (C=O) groups excluding carboxylic acids is 1. The van der Waals surface area contributed by atoms with Crippen LogP contribution >= 0.6 is 0 Å². The average Bonchev–Trinajstić information content (AvgIpc) is 2.72. The summed E-state index contributed by atoms with van der Waals surface area (Å²) in [6.07, 6.45) is 0. The van der Waals surface area contributed by atoms with Crippen LogP contribution in [0, 0.1) is 12.3 Å².